The molecule has 4 aliphatic rings. The first kappa shape index (κ1) is 29.3. The largest absolute Gasteiger partial charge is 0.238 e. The van der Waals surface area contributed by atoms with Crippen molar-refractivity contribution < 1.29 is 0 Å². The molecule has 0 radical (unpaired) electrons. The Morgan fingerprint density at radius 1 is 0.460 bits per heavy atom. The van der Waals surface area contributed by atoms with Crippen LogP contribution in [0.15, 0.2) is 127 Å². The molecular formula is C46H36N4. The monoisotopic (exact) mass is 644 g/mol. The summed E-state index contributed by atoms with van der Waals surface area (Å²) in [5.41, 5.74) is 7.81. The van der Waals surface area contributed by atoms with Crippen LogP contribution in [0.4, 0.5) is 5.69 Å². The third-order valence-corrected chi connectivity index (χ3v) is 11.9. The average Bonchev–Trinajstić information content (AvgIpc) is 3.16. The Kier molecular flexibility index (Phi) is 6.71. The topological polar surface area (TPSA) is 43.0 Å². The van der Waals surface area contributed by atoms with E-state index in [-0.39, 0.29) is 0 Å². The van der Waals surface area contributed by atoms with Crippen LogP contribution in [0, 0.1) is 24.3 Å². The number of fused-ring (bicyclic) bond motifs is 2. The summed E-state index contributed by atoms with van der Waals surface area (Å²) in [6.07, 6.45) is 8.52. The van der Waals surface area contributed by atoms with E-state index in [1.807, 2.05) is 54.6 Å². The van der Waals surface area contributed by atoms with Gasteiger partial charge < -0.3 is 0 Å². The van der Waals surface area contributed by atoms with Gasteiger partial charge in [-0.25, -0.2) is 19.8 Å². The Hall–Kier alpha value is -5.66. The molecule has 4 bridgehead atoms. The molecule has 1 aromatic heterocycles. The van der Waals surface area contributed by atoms with Crippen LogP contribution >= 0.6 is 0 Å². The van der Waals surface area contributed by atoms with E-state index in [9.17, 15) is 0 Å². The predicted molar refractivity (Wildman–Crippen MR) is 203 cm³/mol. The molecule has 4 aliphatic carbocycles. The van der Waals surface area contributed by atoms with Crippen LogP contribution in [0.2, 0.25) is 0 Å². The number of nitrogens with zero attached hydrogens (tertiary/aromatic N) is 4. The Bertz CT molecular complexity index is 2360. The number of aromatic nitrogens is 3. The molecule has 50 heavy (non-hydrogen) atoms. The van der Waals surface area contributed by atoms with Crippen molar-refractivity contribution in [3.05, 3.63) is 144 Å². The van der Waals surface area contributed by atoms with E-state index in [0.29, 0.717) is 28.6 Å². The predicted octanol–water partition coefficient (Wildman–Crippen LogP) is 11.9. The zero-order valence-corrected chi connectivity index (χ0v) is 27.9. The normalized spacial score (nSPS) is 22.2. The van der Waals surface area contributed by atoms with Gasteiger partial charge in [0.2, 0.25) is 0 Å². The fourth-order valence-corrected chi connectivity index (χ4v) is 10.2. The second kappa shape index (κ2) is 11.5. The molecule has 0 unspecified atom stereocenters. The minimum absolute atomic E-state index is 0.379. The van der Waals surface area contributed by atoms with E-state index < -0.39 is 0 Å². The highest BCUT2D eigenvalue weighted by molar-refractivity contribution is 6.20. The highest BCUT2D eigenvalue weighted by Crippen LogP contribution is 2.61. The van der Waals surface area contributed by atoms with Crippen molar-refractivity contribution in [2.75, 3.05) is 0 Å². The molecule has 4 saturated carbocycles. The van der Waals surface area contributed by atoms with Gasteiger partial charge in [0, 0.05) is 16.7 Å². The first-order valence-electron chi connectivity index (χ1n) is 18.0. The lowest BCUT2D eigenvalue weighted by molar-refractivity contribution is -0.00518. The van der Waals surface area contributed by atoms with Gasteiger partial charge in [-0.15, -0.1) is 0 Å². The van der Waals surface area contributed by atoms with Crippen LogP contribution in [-0.2, 0) is 5.41 Å². The quantitative estimate of drug-likeness (QED) is 0.138. The second-order valence-electron chi connectivity index (χ2n) is 14.9. The van der Waals surface area contributed by atoms with Gasteiger partial charge >= 0.3 is 0 Å². The van der Waals surface area contributed by atoms with Gasteiger partial charge in [-0.05, 0) is 99.9 Å². The molecule has 4 heteroatoms. The SMILES string of the molecule is [C-]#[N+]c1ccc(-c2nc(-c3ccccc3)nc(-c3c4ccccc4c(-c4ccc(C56CC7CC(CC(C7)C5)C6)cc4)c4ccccc34)n2)cc1. The molecule has 0 saturated heterocycles. The van der Waals surface area contributed by atoms with Gasteiger partial charge in [-0.3, -0.25) is 0 Å². The Labute approximate surface area is 292 Å². The number of hydrogen-bond donors (Lipinski definition) is 0. The Morgan fingerprint density at radius 3 is 1.42 bits per heavy atom. The van der Waals surface area contributed by atoms with Crippen molar-refractivity contribution in [3.8, 4) is 45.3 Å². The van der Waals surface area contributed by atoms with Crippen LogP contribution < -0.4 is 0 Å². The highest BCUT2D eigenvalue weighted by Gasteiger charge is 2.51. The first-order chi connectivity index (χ1) is 24.6. The van der Waals surface area contributed by atoms with E-state index in [0.717, 1.165) is 45.2 Å². The fourth-order valence-electron chi connectivity index (χ4n) is 10.2. The van der Waals surface area contributed by atoms with Gasteiger partial charge in [0.1, 0.15) is 0 Å². The molecule has 0 aliphatic heterocycles. The van der Waals surface area contributed by atoms with Crippen molar-refractivity contribution in [1.29, 1.82) is 0 Å². The van der Waals surface area contributed by atoms with Gasteiger partial charge in [0.25, 0.3) is 0 Å². The van der Waals surface area contributed by atoms with Gasteiger partial charge in [0.15, 0.2) is 23.2 Å². The van der Waals surface area contributed by atoms with Gasteiger partial charge in [-0.1, -0.05) is 127 Å². The van der Waals surface area contributed by atoms with Crippen LogP contribution in [-0.4, -0.2) is 15.0 Å². The van der Waals surface area contributed by atoms with Crippen LogP contribution in [0.5, 0.6) is 0 Å². The maximum atomic E-state index is 7.42. The molecule has 1 heterocycles. The van der Waals surface area contributed by atoms with E-state index >= 15 is 0 Å². The van der Waals surface area contributed by atoms with Crippen molar-refractivity contribution in [2.45, 2.75) is 43.9 Å². The maximum Gasteiger partial charge on any atom is 0.187 e. The third kappa shape index (κ3) is 4.76. The van der Waals surface area contributed by atoms with Crippen molar-refractivity contribution >= 4 is 27.2 Å². The summed E-state index contributed by atoms with van der Waals surface area (Å²) in [7, 11) is 0. The summed E-state index contributed by atoms with van der Waals surface area (Å²) < 4.78 is 0. The summed E-state index contributed by atoms with van der Waals surface area (Å²) in [6, 6.07) is 44.7. The van der Waals surface area contributed by atoms with E-state index in [1.54, 1.807) is 5.56 Å². The van der Waals surface area contributed by atoms with Crippen LogP contribution in [0.1, 0.15) is 44.1 Å². The van der Waals surface area contributed by atoms with Gasteiger partial charge in [0.05, 0.1) is 6.57 Å². The molecule has 240 valence electrons. The molecule has 4 fully saturated rings. The van der Waals surface area contributed by atoms with E-state index in [1.165, 1.54) is 60.4 Å². The zero-order chi connectivity index (χ0) is 33.2. The van der Waals surface area contributed by atoms with E-state index in [4.69, 9.17) is 21.5 Å². The van der Waals surface area contributed by atoms with Gasteiger partial charge in [-0.2, -0.15) is 0 Å². The lowest BCUT2D eigenvalue weighted by Gasteiger charge is -2.57. The van der Waals surface area contributed by atoms with Crippen molar-refractivity contribution in [3.63, 3.8) is 0 Å². The molecule has 0 spiro atoms. The highest BCUT2D eigenvalue weighted by atomic mass is 15.0. The van der Waals surface area contributed by atoms with Crippen LogP contribution in [0.3, 0.4) is 0 Å². The fraction of sp³-hybridized carbons (Fsp3) is 0.217. The summed E-state index contributed by atoms with van der Waals surface area (Å²) in [5, 5.41) is 4.61. The summed E-state index contributed by atoms with van der Waals surface area (Å²) in [5.74, 6) is 4.63. The standard InChI is InChI=1S/C46H36N4/c1-47-36-21-17-34(18-22-36)44-48-43(33-9-3-2-4-10-33)49-45(50-44)42-39-13-7-5-11-37(39)41(38-12-6-8-14-40(38)42)32-15-19-35(20-16-32)46-26-29-23-30(27-46)25-31(24-29)28-46/h2-22,29-31H,23-28H2. The minimum Gasteiger partial charge on any atom is -0.238 e. The first-order valence-corrected chi connectivity index (χ1v) is 18.0. The lowest BCUT2D eigenvalue weighted by atomic mass is 9.48. The third-order valence-electron chi connectivity index (χ3n) is 11.9. The van der Waals surface area contributed by atoms with Crippen molar-refractivity contribution in [2.24, 2.45) is 17.8 Å². The molecule has 0 N–H and O–H groups in total. The molecule has 4 nitrogen and oxygen atoms in total. The molecule has 6 aromatic carbocycles. The Balaban J connectivity index is 1.16. The summed E-state index contributed by atoms with van der Waals surface area (Å²) in [6.45, 7) is 7.42. The molecule has 11 rings (SSSR count). The molecule has 0 amide bonds. The molecule has 7 aromatic rings. The number of benzene rings is 6. The Morgan fingerprint density at radius 2 is 0.900 bits per heavy atom. The molecular weight excluding hydrogens is 609 g/mol. The molecule has 0 atom stereocenters. The van der Waals surface area contributed by atoms with E-state index in [2.05, 4.69) is 77.6 Å². The minimum atomic E-state index is 0.379. The number of rotatable bonds is 5. The van der Waals surface area contributed by atoms with Crippen LogP contribution in [0.25, 0.3) is 71.7 Å². The smallest absolute Gasteiger partial charge is 0.187 e. The summed E-state index contributed by atoms with van der Waals surface area (Å²) in [4.78, 5) is 18.9. The van der Waals surface area contributed by atoms with Crippen molar-refractivity contribution in [1.82, 2.24) is 15.0 Å². The average molecular weight is 645 g/mol. The summed E-state index contributed by atoms with van der Waals surface area (Å²) >= 11 is 0. The second-order valence-corrected chi connectivity index (χ2v) is 14.9. The number of hydrogen-bond acceptors (Lipinski definition) is 3. The maximum absolute atomic E-state index is 7.42. The lowest BCUT2D eigenvalue weighted by Crippen LogP contribution is -2.48. The zero-order valence-electron chi connectivity index (χ0n) is 27.9.